The van der Waals surface area contributed by atoms with Crippen LogP contribution >= 0.6 is 69.6 Å². The van der Waals surface area contributed by atoms with E-state index in [9.17, 15) is 0 Å². The molecule has 0 fully saturated rings. The van der Waals surface area contributed by atoms with Crippen molar-refractivity contribution in [1.82, 2.24) is 0 Å². The van der Waals surface area contributed by atoms with E-state index in [1.807, 2.05) is 0 Å². The van der Waals surface area contributed by atoms with Gasteiger partial charge in [-0.15, -0.1) is 0 Å². The predicted molar refractivity (Wildman–Crippen MR) is 120 cm³/mol. The highest BCUT2D eigenvalue weighted by Gasteiger charge is 2.10. The maximum Gasteiger partial charge on any atom is 0.156 e. The Hall–Kier alpha value is -0.490. The normalized spacial score (nSPS) is 10.6. The highest BCUT2D eigenvalue weighted by molar-refractivity contribution is 6.56. The van der Waals surface area contributed by atoms with E-state index in [1.54, 1.807) is 18.3 Å². The van der Waals surface area contributed by atoms with Crippen LogP contribution in [0.15, 0.2) is 38.4 Å². The van der Waals surface area contributed by atoms with Crippen LogP contribution in [0.1, 0.15) is 25.7 Å². The summed E-state index contributed by atoms with van der Waals surface area (Å²) < 4.78 is 11.4. The molecule has 0 heterocycles. The third kappa shape index (κ3) is 12.2. The molecule has 156 valence electrons. The van der Waals surface area contributed by atoms with Crippen molar-refractivity contribution in [3.05, 3.63) is 43.3 Å². The van der Waals surface area contributed by atoms with E-state index in [0.717, 1.165) is 25.7 Å². The largest absolute Gasteiger partial charge is 0.490 e. The van der Waals surface area contributed by atoms with Crippen LogP contribution in [0.5, 0.6) is 11.5 Å². The first-order valence-electron chi connectivity index (χ1n) is 8.31. The highest BCUT2D eigenvalue weighted by Crippen LogP contribution is 2.37. The zero-order valence-electron chi connectivity index (χ0n) is 14.8. The minimum atomic E-state index is 0.129. The van der Waals surface area contributed by atoms with Gasteiger partial charge in [-0.1, -0.05) is 74.8 Å². The van der Waals surface area contributed by atoms with Gasteiger partial charge in [0.05, 0.1) is 16.7 Å². The molecule has 0 radical (unpaired) electrons. The summed E-state index contributed by atoms with van der Waals surface area (Å²) in [7, 11) is 0. The molecule has 0 saturated carbocycles. The number of halogens is 6. The van der Waals surface area contributed by atoms with Gasteiger partial charge in [-0.2, -0.15) is 0 Å². The number of rotatable bonds is 13. The second-order valence-corrected chi connectivity index (χ2v) is 8.13. The van der Waals surface area contributed by atoms with Crippen LogP contribution in [0.3, 0.4) is 0 Å². The zero-order valence-corrected chi connectivity index (χ0v) is 19.3. The topological polar surface area (TPSA) is 40.0 Å². The summed E-state index contributed by atoms with van der Waals surface area (Å²) in [5, 5.41) is 4.54. The van der Waals surface area contributed by atoms with Gasteiger partial charge in [0.15, 0.2) is 5.75 Å². The van der Waals surface area contributed by atoms with Gasteiger partial charge < -0.3 is 14.3 Å². The Morgan fingerprint density at radius 2 is 1.50 bits per heavy atom. The minimum Gasteiger partial charge on any atom is -0.490 e. The Balaban J connectivity index is 2.25. The van der Waals surface area contributed by atoms with Crippen molar-refractivity contribution in [2.45, 2.75) is 25.7 Å². The van der Waals surface area contributed by atoms with Crippen LogP contribution in [-0.4, -0.2) is 26.0 Å². The summed E-state index contributed by atoms with van der Waals surface area (Å²) in [5.74, 6) is 0.932. The first kappa shape index (κ1) is 25.5. The molecule has 0 bridgehead atoms. The fraction of sp³-hybridized carbons (Fsp3) is 0.389. The van der Waals surface area contributed by atoms with Gasteiger partial charge in [-0.05, 0) is 37.8 Å². The predicted octanol–water partition coefficient (Wildman–Crippen LogP) is 7.95. The SMILES string of the molecule is ClC(Cl)=CCO/N=C/CCCCCOc1c(Cl)cc(OCC=C(Cl)Cl)cc1Cl. The molecular weight excluding hydrogens is 491 g/mol. The van der Waals surface area contributed by atoms with Crippen molar-refractivity contribution in [1.29, 1.82) is 0 Å². The molecule has 1 aromatic carbocycles. The van der Waals surface area contributed by atoms with Crippen molar-refractivity contribution in [3.63, 3.8) is 0 Å². The Kier molecular flexibility index (Phi) is 14.0. The Morgan fingerprint density at radius 1 is 0.857 bits per heavy atom. The lowest BCUT2D eigenvalue weighted by molar-refractivity contribution is 0.175. The molecule has 0 spiro atoms. The Labute approximate surface area is 194 Å². The van der Waals surface area contributed by atoms with Gasteiger partial charge in [0, 0.05) is 18.3 Å². The average Bonchev–Trinajstić information content (AvgIpc) is 2.61. The molecule has 0 aromatic heterocycles. The van der Waals surface area contributed by atoms with Crippen molar-refractivity contribution in [2.24, 2.45) is 5.16 Å². The summed E-state index contributed by atoms with van der Waals surface area (Å²) >= 11 is 34.3. The van der Waals surface area contributed by atoms with Gasteiger partial charge in [-0.3, -0.25) is 0 Å². The first-order valence-corrected chi connectivity index (χ1v) is 10.6. The maximum atomic E-state index is 6.21. The molecule has 0 aliphatic carbocycles. The Morgan fingerprint density at radius 3 is 2.14 bits per heavy atom. The molecule has 0 atom stereocenters. The van der Waals surface area contributed by atoms with Crippen molar-refractivity contribution < 1.29 is 14.3 Å². The van der Waals surface area contributed by atoms with Gasteiger partial charge >= 0.3 is 0 Å². The number of ether oxygens (including phenoxy) is 2. The van der Waals surface area contributed by atoms with Gasteiger partial charge in [0.1, 0.15) is 27.9 Å². The summed E-state index contributed by atoms with van der Waals surface area (Å²) in [6, 6.07) is 3.25. The van der Waals surface area contributed by atoms with E-state index in [-0.39, 0.29) is 22.2 Å². The number of nitrogens with zero attached hydrogens (tertiary/aromatic N) is 1. The fourth-order valence-electron chi connectivity index (χ4n) is 1.90. The standard InChI is InChI=1S/C18H19Cl6NO3/c19-14-11-13(26-9-5-16(21)22)12-15(20)18(14)27-8-4-2-1-3-7-25-28-10-6-17(23)24/h5-7,11-12H,1-4,8-10H2/b25-7+. The maximum absolute atomic E-state index is 6.21. The molecule has 28 heavy (non-hydrogen) atoms. The number of unbranched alkanes of at least 4 members (excludes halogenated alkanes) is 3. The Bertz CT molecular complexity index is 663. The lowest BCUT2D eigenvalue weighted by Crippen LogP contribution is -2.00. The highest BCUT2D eigenvalue weighted by atomic mass is 35.5. The zero-order chi connectivity index (χ0) is 20.8. The summed E-state index contributed by atoms with van der Waals surface area (Å²) in [6.07, 6.45) is 8.29. The lowest BCUT2D eigenvalue weighted by Gasteiger charge is -2.12. The molecule has 0 unspecified atom stereocenters. The molecule has 1 aromatic rings. The van der Waals surface area contributed by atoms with E-state index < -0.39 is 0 Å². The third-order valence-corrected chi connectivity index (χ3v) is 4.32. The molecule has 10 heteroatoms. The minimum absolute atomic E-state index is 0.129. The van der Waals surface area contributed by atoms with Crippen LogP contribution in [0, 0.1) is 0 Å². The lowest BCUT2D eigenvalue weighted by atomic mass is 10.2. The van der Waals surface area contributed by atoms with E-state index in [1.165, 1.54) is 12.2 Å². The quantitative estimate of drug-likeness (QED) is 0.154. The number of hydrogen-bond acceptors (Lipinski definition) is 4. The van der Waals surface area contributed by atoms with Crippen LogP contribution in [-0.2, 0) is 4.84 Å². The number of oxime groups is 1. The smallest absolute Gasteiger partial charge is 0.156 e. The van der Waals surface area contributed by atoms with E-state index >= 15 is 0 Å². The van der Waals surface area contributed by atoms with Crippen LogP contribution in [0.2, 0.25) is 10.0 Å². The van der Waals surface area contributed by atoms with Gasteiger partial charge in [0.2, 0.25) is 0 Å². The van der Waals surface area contributed by atoms with E-state index in [2.05, 4.69) is 5.16 Å². The van der Waals surface area contributed by atoms with E-state index in [4.69, 9.17) is 83.9 Å². The van der Waals surface area contributed by atoms with Crippen LogP contribution in [0.25, 0.3) is 0 Å². The summed E-state index contributed by atoms with van der Waals surface area (Å²) in [6.45, 7) is 0.951. The molecule has 4 nitrogen and oxygen atoms in total. The second-order valence-electron chi connectivity index (χ2n) is 5.30. The monoisotopic (exact) mass is 507 g/mol. The van der Waals surface area contributed by atoms with Crippen molar-refractivity contribution >= 4 is 75.8 Å². The molecule has 0 amide bonds. The van der Waals surface area contributed by atoms with Gasteiger partial charge in [-0.25, -0.2) is 0 Å². The average molecular weight is 510 g/mol. The fourth-order valence-corrected chi connectivity index (χ4v) is 2.72. The molecular formula is C18H19Cl6NO3. The molecule has 0 aliphatic rings. The number of benzene rings is 1. The summed E-state index contributed by atoms with van der Waals surface area (Å²) in [4.78, 5) is 4.95. The number of hydrogen-bond donors (Lipinski definition) is 0. The van der Waals surface area contributed by atoms with Crippen molar-refractivity contribution in [2.75, 3.05) is 19.8 Å². The molecule has 0 aliphatic heterocycles. The first-order chi connectivity index (χ1) is 13.4. The second kappa shape index (κ2) is 15.4. The van der Waals surface area contributed by atoms with Crippen LogP contribution < -0.4 is 9.47 Å². The van der Waals surface area contributed by atoms with Gasteiger partial charge in [0.25, 0.3) is 0 Å². The molecule has 1 rings (SSSR count). The van der Waals surface area contributed by atoms with Crippen LogP contribution in [0.4, 0.5) is 0 Å². The van der Waals surface area contributed by atoms with Crippen molar-refractivity contribution in [3.8, 4) is 11.5 Å². The molecule has 0 saturated heterocycles. The summed E-state index contributed by atoms with van der Waals surface area (Å²) in [5.41, 5.74) is 0. The third-order valence-electron chi connectivity index (χ3n) is 3.14. The van der Waals surface area contributed by atoms with E-state index in [0.29, 0.717) is 28.2 Å². The molecule has 0 N–H and O–H groups in total.